The van der Waals surface area contributed by atoms with E-state index in [9.17, 15) is 9.59 Å². The van der Waals surface area contributed by atoms with Gasteiger partial charge in [0.15, 0.2) is 0 Å². The average molecular weight is 241 g/mol. The number of hydrogen-bond acceptors (Lipinski definition) is 3. The standard InChI is InChI=1S/C12H23N3O2/c1-2-10(12(13)17)14-7-6-11(16)15-8-4-3-5-9-15/h10,14H,2-9H2,1H3,(H2,13,17). The largest absolute Gasteiger partial charge is 0.368 e. The molecule has 0 bridgehead atoms. The third-order valence-corrected chi connectivity index (χ3v) is 3.19. The van der Waals surface area contributed by atoms with E-state index in [0.29, 0.717) is 19.4 Å². The van der Waals surface area contributed by atoms with Crippen molar-refractivity contribution in [3.63, 3.8) is 0 Å². The van der Waals surface area contributed by atoms with Crippen molar-refractivity contribution in [2.24, 2.45) is 5.73 Å². The molecular formula is C12H23N3O2. The van der Waals surface area contributed by atoms with Crippen LogP contribution in [-0.2, 0) is 9.59 Å². The van der Waals surface area contributed by atoms with Gasteiger partial charge in [-0.3, -0.25) is 9.59 Å². The number of rotatable bonds is 6. The molecule has 1 rings (SSSR count). The van der Waals surface area contributed by atoms with E-state index in [0.717, 1.165) is 25.9 Å². The lowest BCUT2D eigenvalue weighted by molar-refractivity contribution is -0.132. The summed E-state index contributed by atoms with van der Waals surface area (Å²) in [5, 5.41) is 3.02. The van der Waals surface area contributed by atoms with Crippen molar-refractivity contribution in [3.8, 4) is 0 Å². The van der Waals surface area contributed by atoms with Gasteiger partial charge in [-0.1, -0.05) is 6.92 Å². The molecule has 98 valence electrons. The maximum absolute atomic E-state index is 11.8. The monoisotopic (exact) mass is 241 g/mol. The lowest BCUT2D eigenvalue weighted by atomic mass is 10.1. The molecule has 1 unspecified atom stereocenters. The van der Waals surface area contributed by atoms with Crippen LogP contribution in [0.5, 0.6) is 0 Å². The van der Waals surface area contributed by atoms with Crippen molar-refractivity contribution >= 4 is 11.8 Å². The molecule has 2 amide bonds. The summed E-state index contributed by atoms with van der Waals surface area (Å²) in [7, 11) is 0. The smallest absolute Gasteiger partial charge is 0.234 e. The summed E-state index contributed by atoms with van der Waals surface area (Å²) in [5.41, 5.74) is 5.21. The molecule has 5 nitrogen and oxygen atoms in total. The number of nitrogens with two attached hydrogens (primary N) is 1. The van der Waals surface area contributed by atoms with Gasteiger partial charge < -0.3 is 16.0 Å². The van der Waals surface area contributed by atoms with Crippen LogP contribution in [0, 0.1) is 0 Å². The van der Waals surface area contributed by atoms with Crippen molar-refractivity contribution in [2.45, 2.75) is 45.1 Å². The summed E-state index contributed by atoms with van der Waals surface area (Å²) in [5.74, 6) is -0.172. The van der Waals surface area contributed by atoms with Gasteiger partial charge in [0.2, 0.25) is 11.8 Å². The summed E-state index contributed by atoms with van der Waals surface area (Å²) >= 11 is 0. The minimum Gasteiger partial charge on any atom is -0.368 e. The molecule has 0 radical (unpaired) electrons. The first-order chi connectivity index (χ1) is 8.15. The Kier molecular flexibility index (Phi) is 5.97. The molecule has 5 heteroatoms. The van der Waals surface area contributed by atoms with E-state index in [-0.39, 0.29) is 17.9 Å². The van der Waals surface area contributed by atoms with Crippen molar-refractivity contribution in [2.75, 3.05) is 19.6 Å². The van der Waals surface area contributed by atoms with E-state index in [4.69, 9.17) is 5.73 Å². The highest BCUT2D eigenvalue weighted by Crippen LogP contribution is 2.09. The number of primary amides is 1. The van der Waals surface area contributed by atoms with Crippen LogP contribution in [0.2, 0.25) is 0 Å². The Labute approximate surface area is 103 Å². The van der Waals surface area contributed by atoms with Gasteiger partial charge in [0, 0.05) is 26.1 Å². The molecule has 0 aromatic heterocycles. The first-order valence-electron chi connectivity index (χ1n) is 6.45. The number of amides is 2. The molecular weight excluding hydrogens is 218 g/mol. The number of carbonyl (C=O) groups excluding carboxylic acids is 2. The molecule has 0 aromatic carbocycles. The fraction of sp³-hybridized carbons (Fsp3) is 0.833. The molecule has 1 heterocycles. The summed E-state index contributed by atoms with van der Waals surface area (Å²) < 4.78 is 0. The number of likely N-dealkylation sites (tertiary alicyclic amines) is 1. The molecule has 17 heavy (non-hydrogen) atoms. The minimum absolute atomic E-state index is 0.177. The van der Waals surface area contributed by atoms with E-state index < -0.39 is 0 Å². The highest BCUT2D eigenvalue weighted by atomic mass is 16.2. The van der Waals surface area contributed by atoms with Gasteiger partial charge in [-0.2, -0.15) is 0 Å². The van der Waals surface area contributed by atoms with Gasteiger partial charge >= 0.3 is 0 Å². The number of nitrogens with zero attached hydrogens (tertiary/aromatic N) is 1. The normalized spacial score (nSPS) is 17.8. The Balaban J connectivity index is 2.20. The third-order valence-electron chi connectivity index (χ3n) is 3.19. The van der Waals surface area contributed by atoms with Gasteiger partial charge in [-0.15, -0.1) is 0 Å². The van der Waals surface area contributed by atoms with Crippen LogP contribution in [0.3, 0.4) is 0 Å². The highest BCUT2D eigenvalue weighted by Gasteiger charge is 2.17. The Morgan fingerprint density at radius 2 is 1.94 bits per heavy atom. The first-order valence-corrected chi connectivity index (χ1v) is 6.45. The van der Waals surface area contributed by atoms with Crippen molar-refractivity contribution in [1.29, 1.82) is 0 Å². The quantitative estimate of drug-likeness (QED) is 0.699. The highest BCUT2D eigenvalue weighted by molar-refractivity contribution is 5.80. The molecule has 1 aliphatic heterocycles. The zero-order chi connectivity index (χ0) is 12.7. The molecule has 0 aliphatic carbocycles. The molecule has 0 aromatic rings. The fourth-order valence-electron chi connectivity index (χ4n) is 2.10. The molecule has 1 atom stereocenters. The summed E-state index contributed by atoms with van der Waals surface area (Å²) in [4.78, 5) is 24.7. The van der Waals surface area contributed by atoms with Crippen LogP contribution >= 0.6 is 0 Å². The van der Waals surface area contributed by atoms with Crippen LogP contribution in [0.25, 0.3) is 0 Å². The van der Waals surface area contributed by atoms with Gasteiger partial charge in [-0.05, 0) is 25.7 Å². The van der Waals surface area contributed by atoms with Crippen LogP contribution < -0.4 is 11.1 Å². The molecule has 1 aliphatic rings. The molecule has 3 N–H and O–H groups in total. The van der Waals surface area contributed by atoms with E-state index in [2.05, 4.69) is 5.32 Å². The van der Waals surface area contributed by atoms with Gasteiger partial charge in [0.25, 0.3) is 0 Å². The van der Waals surface area contributed by atoms with Crippen LogP contribution in [0.1, 0.15) is 39.0 Å². The first kappa shape index (κ1) is 14.0. The summed E-state index contributed by atoms with van der Waals surface area (Å²) in [6.07, 6.45) is 4.55. The van der Waals surface area contributed by atoms with Crippen molar-refractivity contribution in [1.82, 2.24) is 10.2 Å². The number of piperidine rings is 1. The van der Waals surface area contributed by atoms with Crippen LogP contribution in [-0.4, -0.2) is 42.4 Å². The minimum atomic E-state index is -0.349. The molecule has 0 spiro atoms. The fourth-order valence-corrected chi connectivity index (χ4v) is 2.10. The lowest BCUT2D eigenvalue weighted by Gasteiger charge is -2.27. The van der Waals surface area contributed by atoms with E-state index in [1.54, 1.807) is 0 Å². The molecule has 1 saturated heterocycles. The predicted molar refractivity (Wildman–Crippen MR) is 66.3 cm³/mol. The summed E-state index contributed by atoms with van der Waals surface area (Å²) in [6, 6.07) is -0.316. The maximum Gasteiger partial charge on any atom is 0.234 e. The van der Waals surface area contributed by atoms with Gasteiger partial charge in [-0.25, -0.2) is 0 Å². The van der Waals surface area contributed by atoms with E-state index in [1.165, 1.54) is 6.42 Å². The second kappa shape index (κ2) is 7.27. The lowest BCUT2D eigenvalue weighted by Crippen LogP contribution is -2.43. The molecule has 0 saturated carbocycles. The van der Waals surface area contributed by atoms with E-state index in [1.807, 2.05) is 11.8 Å². The third kappa shape index (κ3) is 4.73. The average Bonchev–Trinajstić information content (AvgIpc) is 2.35. The molecule has 1 fully saturated rings. The topological polar surface area (TPSA) is 75.4 Å². The van der Waals surface area contributed by atoms with Gasteiger partial charge in [0.05, 0.1) is 6.04 Å². The zero-order valence-electron chi connectivity index (χ0n) is 10.6. The maximum atomic E-state index is 11.8. The predicted octanol–water partition coefficient (Wildman–Crippen LogP) is 0.243. The Hall–Kier alpha value is -1.10. The zero-order valence-corrected chi connectivity index (χ0v) is 10.6. The SMILES string of the molecule is CCC(NCCC(=O)N1CCCCC1)C(N)=O. The number of hydrogen-bond donors (Lipinski definition) is 2. The van der Waals surface area contributed by atoms with Crippen LogP contribution in [0.15, 0.2) is 0 Å². The van der Waals surface area contributed by atoms with Gasteiger partial charge in [0.1, 0.15) is 0 Å². The van der Waals surface area contributed by atoms with Crippen molar-refractivity contribution < 1.29 is 9.59 Å². The second-order valence-electron chi connectivity index (χ2n) is 4.51. The summed E-state index contributed by atoms with van der Waals surface area (Å²) in [6.45, 7) is 4.18. The number of carbonyl (C=O) groups is 2. The van der Waals surface area contributed by atoms with Crippen LogP contribution in [0.4, 0.5) is 0 Å². The Morgan fingerprint density at radius 3 is 2.47 bits per heavy atom. The Morgan fingerprint density at radius 1 is 1.29 bits per heavy atom. The van der Waals surface area contributed by atoms with Crippen molar-refractivity contribution in [3.05, 3.63) is 0 Å². The second-order valence-corrected chi connectivity index (χ2v) is 4.51. The Bertz CT molecular complexity index is 262. The number of nitrogens with one attached hydrogen (secondary N) is 1. The van der Waals surface area contributed by atoms with E-state index >= 15 is 0 Å².